The number of aromatic nitrogens is 5. The van der Waals surface area contributed by atoms with Gasteiger partial charge in [-0.05, 0) is 36.8 Å². The third-order valence-corrected chi connectivity index (χ3v) is 4.32. The van der Waals surface area contributed by atoms with E-state index in [0.717, 1.165) is 22.4 Å². The molecule has 0 atom stereocenters. The summed E-state index contributed by atoms with van der Waals surface area (Å²) in [5.74, 6) is 1.27. The van der Waals surface area contributed by atoms with Gasteiger partial charge in [-0.25, -0.2) is 9.97 Å². The standard InChI is InChI=1S/C20H19N7O/c1-13-24-18(17-12-23-27(2)19(17)25-13)22-11-14-3-5-15(6-4-14)20(28)26-16-7-9-21-10-8-16/h3-10,12H,11H2,1-2H3,(H,21,26,28)(H,22,24,25). The SMILES string of the molecule is Cc1nc(NCc2ccc(C(=O)Nc3ccncc3)cc2)c2cnn(C)c2n1. The molecule has 4 rings (SSSR count). The highest BCUT2D eigenvalue weighted by Crippen LogP contribution is 2.20. The Morgan fingerprint density at radius 3 is 2.57 bits per heavy atom. The molecule has 8 heteroatoms. The van der Waals surface area contributed by atoms with E-state index in [0.29, 0.717) is 23.6 Å². The number of carbonyl (C=O) groups excluding carboxylic acids is 1. The van der Waals surface area contributed by atoms with Crippen LogP contribution in [-0.2, 0) is 13.6 Å². The topological polar surface area (TPSA) is 97.6 Å². The van der Waals surface area contributed by atoms with Crippen LogP contribution in [0.25, 0.3) is 11.0 Å². The quantitative estimate of drug-likeness (QED) is 0.558. The highest BCUT2D eigenvalue weighted by Gasteiger charge is 2.10. The lowest BCUT2D eigenvalue weighted by molar-refractivity contribution is 0.102. The first-order valence-electron chi connectivity index (χ1n) is 8.81. The van der Waals surface area contributed by atoms with Gasteiger partial charge in [0.15, 0.2) is 5.65 Å². The number of hydrogen-bond donors (Lipinski definition) is 2. The third-order valence-electron chi connectivity index (χ3n) is 4.32. The van der Waals surface area contributed by atoms with Crippen LogP contribution in [-0.4, -0.2) is 30.6 Å². The highest BCUT2D eigenvalue weighted by atomic mass is 16.1. The second-order valence-electron chi connectivity index (χ2n) is 6.37. The molecule has 2 N–H and O–H groups in total. The summed E-state index contributed by atoms with van der Waals surface area (Å²) in [5, 5.41) is 11.3. The van der Waals surface area contributed by atoms with Crippen LogP contribution in [0, 0.1) is 6.92 Å². The van der Waals surface area contributed by atoms with E-state index in [-0.39, 0.29) is 5.91 Å². The lowest BCUT2D eigenvalue weighted by Gasteiger charge is -2.09. The molecule has 1 aromatic carbocycles. The van der Waals surface area contributed by atoms with Crippen LogP contribution in [0.1, 0.15) is 21.7 Å². The fourth-order valence-corrected chi connectivity index (χ4v) is 2.86. The molecule has 0 aliphatic heterocycles. The normalized spacial score (nSPS) is 10.8. The van der Waals surface area contributed by atoms with Gasteiger partial charge in [-0.2, -0.15) is 5.10 Å². The Morgan fingerprint density at radius 2 is 1.82 bits per heavy atom. The van der Waals surface area contributed by atoms with Gasteiger partial charge in [0, 0.05) is 37.2 Å². The number of rotatable bonds is 5. The molecule has 140 valence electrons. The van der Waals surface area contributed by atoms with Crippen molar-refractivity contribution < 1.29 is 4.79 Å². The maximum Gasteiger partial charge on any atom is 0.255 e. The van der Waals surface area contributed by atoms with Crippen molar-refractivity contribution in [2.75, 3.05) is 10.6 Å². The van der Waals surface area contributed by atoms with E-state index in [1.807, 2.05) is 26.1 Å². The van der Waals surface area contributed by atoms with E-state index in [9.17, 15) is 4.79 Å². The molecule has 0 unspecified atom stereocenters. The lowest BCUT2D eigenvalue weighted by atomic mass is 10.1. The van der Waals surface area contributed by atoms with Gasteiger partial charge in [0.25, 0.3) is 5.91 Å². The molecule has 0 saturated carbocycles. The Bertz CT molecular complexity index is 1120. The maximum atomic E-state index is 12.3. The molecule has 0 aliphatic rings. The predicted molar refractivity (Wildman–Crippen MR) is 107 cm³/mol. The van der Waals surface area contributed by atoms with Gasteiger partial charge in [0.05, 0.1) is 11.6 Å². The van der Waals surface area contributed by atoms with Gasteiger partial charge in [-0.1, -0.05) is 12.1 Å². The molecule has 0 spiro atoms. The molecular formula is C20H19N7O. The van der Waals surface area contributed by atoms with E-state index in [1.165, 1.54) is 0 Å². The number of nitrogens with one attached hydrogen (secondary N) is 2. The maximum absolute atomic E-state index is 12.3. The van der Waals surface area contributed by atoms with E-state index in [4.69, 9.17) is 0 Å². The molecule has 3 aromatic heterocycles. The van der Waals surface area contributed by atoms with Gasteiger partial charge in [-0.3, -0.25) is 14.5 Å². The number of benzene rings is 1. The van der Waals surface area contributed by atoms with E-state index >= 15 is 0 Å². The predicted octanol–water partition coefficient (Wildman–Crippen LogP) is 2.93. The van der Waals surface area contributed by atoms with Gasteiger partial charge in [0.2, 0.25) is 0 Å². The van der Waals surface area contributed by atoms with Crippen LogP contribution in [0.4, 0.5) is 11.5 Å². The zero-order valence-electron chi connectivity index (χ0n) is 15.5. The zero-order valence-corrected chi connectivity index (χ0v) is 15.5. The van der Waals surface area contributed by atoms with Crippen molar-refractivity contribution in [3.8, 4) is 0 Å². The minimum absolute atomic E-state index is 0.158. The highest BCUT2D eigenvalue weighted by molar-refractivity contribution is 6.04. The van der Waals surface area contributed by atoms with Crippen LogP contribution in [0.5, 0.6) is 0 Å². The van der Waals surface area contributed by atoms with Crippen LogP contribution in [0.15, 0.2) is 55.0 Å². The molecular weight excluding hydrogens is 354 g/mol. The number of fused-ring (bicyclic) bond motifs is 1. The zero-order chi connectivity index (χ0) is 19.5. The van der Waals surface area contributed by atoms with Crippen molar-refractivity contribution in [3.63, 3.8) is 0 Å². The number of anilines is 2. The van der Waals surface area contributed by atoms with Crippen molar-refractivity contribution in [2.45, 2.75) is 13.5 Å². The monoisotopic (exact) mass is 373 g/mol. The first-order valence-corrected chi connectivity index (χ1v) is 8.81. The number of carbonyl (C=O) groups is 1. The van der Waals surface area contributed by atoms with Crippen LogP contribution in [0.2, 0.25) is 0 Å². The molecule has 0 bridgehead atoms. The van der Waals surface area contributed by atoms with Crippen LogP contribution >= 0.6 is 0 Å². The first kappa shape index (κ1) is 17.6. The summed E-state index contributed by atoms with van der Waals surface area (Å²) in [4.78, 5) is 25.1. The molecule has 3 heterocycles. The van der Waals surface area contributed by atoms with Crippen LogP contribution in [0.3, 0.4) is 0 Å². The minimum atomic E-state index is -0.158. The van der Waals surface area contributed by atoms with Crippen LogP contribution < -0.4 is 10.6 Å². The van der Waals surface area contributed by atoms with E-state index < -0.39 is 0 Å². The van der Waals surface area contributed by atoms with E-state index in [2.05, 4.69) is 30.7 Å². The smallest absolute Gasteiger partial charge is 0.255 e. The van der Waals surface area contributed by atoms with Crippen molar-refractivity contribution in [2.24, 2.45) is 7.05 Å². The minimum Gasteiger partial charge on any atom is -0.365 e. The molecule has 0 saturated heterocycles. The first-order chi connectivity index (χ1) is 13.6. The van der Waals surface area contributed by atoms with Gasteiger partial charge < -0.3 is 10.6 Å². The average molecular weight is 373 g/mol. The van der Waals surface area contributed by atoms with E-state index in [1.54, 1.807) is 47.5 Å². The Balaban J connectivity index is 1.45. The molecule has 0 fully saturated rings. The average Bonchev–Trinajstić information content (AvgIpc) is 3.08. The van der Waals surface area contributed by atoms with Crippen molar-refractivity contribution >= 4 is 28.4 Å². The number of amides is 1. The number of nitrogens with zero attached hydrogens (tertiary/aromatic N) is 5. The fourth-order valence-electron chi connectivity index (χ4n) is 2.86. The summed E-state index contributed by atoms with van der Waals surface area (Å²) in [7, 11) is 1.86. The summed E-state index contributed by atoms with van der Waals surface area (Å²) < 4.78 is 1.73. The Hall–Kier alpha value is -3.81. The fraction of sp³-hybridized carbons (Fsp3) is 0.150. The second kappa shape index (κ2) is 7.43. The Morgan fingerprint density at radius 1 is 1.07 bits per heavy atom. The molecule has 4 aromatic rings. The number of pyridine rings is 1. The second-order valence-corrected chi connectivity index (χ2v) is 6.37. The van der Waals surface area contributed by atoms with Gasteiger partial charge in [0.1, 0.15) is 11.6 Å². The van der Waals surface area contributed by atoms with Gasteiger partial charge >= 0.3 is 0 Å². The Kier molecular flexibility index (Phi) is 4.67. The summed E-state index contributed by atoms with van der Waals surface area (Å²) >= 11 is 0. The molecule has 0 aliphatic carbocycles. The number of hydrogen-bond acceptors (Lipinski definition) is 6. The van der Waals surface area contributed by atoms with Crippen molar-refractivity contribution in [1.82, 2.24) is 24.7 Å². The lowest BCUT2D eigenvalue weighted by Crippen LogP contribution is -2.12. The number of aryl methyl sites for hydroxylation is 2. The Labute approximate surface area is 161 Å². The molecule has 28 heavy (non-hydrogen) atoms. The largest absolute Gasteiger partial charge is 0.365 e. The summed E-state index contributed by atoms with van der Waals surface area (Å²) in [6.45, 7) is 2.43. The molecule has 0 radical (unpaired) electrons. The molecule has 1 amide bonds. The summed E-state index contributed by atoms with van der Waals surface area (Å²) in [6, 6.07) is 10.9. The van der Waals surface area contributed by atoms with Gasteiger partial charge in [-0.15, -0.1) is 0 Å². The summed E-state index contributed by atoms with van der Waals surface area (Å²) in [5.41, 5.74) is 3.13. The molecule has 8 nitrogen and oxygen atoms in total. The van der Waals surface area contributed by atoms with Crippen molar-refractivity contribution in [1.29, 1.82) is 0 Å². The summed E-state index contributed by atoms with van der Waals surface area (Å²) in [6.07, 6.45) is 5.03. The van der Waals surface area contributed by atoms with Crippen molar-refractivity contribution in [3.05, 3.63) is 71.9 Å². The third kappa shape index (κ3) is 3.66.